The Morgan fingerprint density at radius 3 is 2.54 bits per heavy atom. The molecule has 2 aliphatic heterocycles. The molecule has 0 radical (unpaired) electrons. The zero-order valence-electron chi connectivity index (χ0n) is 40.1. The largest absolute Gasteiger partial charge is 0.508 e. The minimum Gasteiger partial charge on any atom is -0.508 e. The second kappa shape index (κ2) is 20.5. The first kappa shape index (κ1) is 49.0. The molecule has 0 aliphatic carbocycles. The van der Waals surface area contributed by atoms with E-state index in [0.29, 0.717) is 36.9 Å². The van der Waals surface area contributed by atoms with Crippen molar-refractivity contribution in [2.75, 3.05) is 32.6 Å². The van der Waals surface area contributed by atoms with Crippen molar-refractivity contribution in [1.82, 2.24) is 35.2 Å². The highest BCUT2D eigenvalue weighted by Gasteiger charge is 2.38. The van der Waals surface area contributed by atoms with E-state index in [1.54, 1.807) is 39.3 Å². The number of carbonyl (C=O) groups is 5. The number of likely N-dealkylation sites (N-methyl/N-ethyl adjacent to an activating group) is 1. The number of phenolic OH excluding ortho intramolecular Hbond substituents is 1. The number of esters is 1. The zero-order valence-corrected chi connectivity index (χ0v) is 40.1. The van der Waals surface area contributed by atoms with Crippen molar-refractivity contribution in [2.45, 2.75) is 98.0 Å². The molecule has 2 aliphatic rings. The number of cyclic esters (lactones) is 1. The third kappa shape index (κ3) is 10.5. The lowest BCUT2D eigenvalue weighted by Gasteiger charge is -2.36. The predicted molar refractivity (Wildman–Crippen MR) is 259 cm³/mol. The van der Waals surface area contributed by atoms with Crippen molar-refractivity contribution in [3.8, 4) is 28.1 Å². The van der Waals surface area contributed by atoms with E-state index in [9.17, 15) is 29.1 Å². The van der Waals surface area contributed by atoms with Crippen LogP contribution in [0.25, 0.3) is 33.3 Å². The quantitative estimate of drug-likeness (QED) is 0.0806. The molecule has 4 amide bonds. The van der Waals surface area contributed by atoms with Crippen LogP contribution < -0.4 is 16.1 Å². The first-order valence-electron chi connectivity index (χ1n) is 23.1. The van der Waals surface area contributed by atoms with Gasteiger partial charge in [0, 0.05) is 67.9 Å². The summed E-state index contributed by atoms with van der Waals surface area (Å²) in [5, 5.41) is 19.2. The van der Waals surface area contributed by atoms with Crippen LogP contribution in [0.2, 0.25) is 0 Å². The summed E-state index contributed by atoms with van der Waals surface area (Å²) in [6.07, 6.45) is 5.29. The van der Waals surface area contributed by atoms with Crippen molar-refractivity contribution in [3.05, 3.63) is 108 Å². The molecular formula is C52H62N8O8. The SMILES string of the molecule is C=CC(=O)Nc1ccc(C(=O)N(C)C(C(=O)N[C@H]2Cc3cc(O)cc(c3)-c3ccc4c(c3)c(c(-c3cccnc3[C@H](C)OC)n4CC)CC(C)(C)COC(=O)[C@@H]3CCCN(N3)C2=O)C(C)C)cn1. The average molecular weight is 927 g/mol. The smallest absolute Gasteiger partial charge is 0.324 e. The number of hydrazine groups is 1. The topological polar surface area (TPSA) is 197 Å². The number of aryl methyl sites for hydroxylation is 1. The van der Waals surface area contributed by atoms with Crippen LogP contribution in [-0.2, 0) is 48.0 Å². The third-order valence-electron chi connectivity index (χ3n) is 12.8. The molecule has 7 rings (SSSR count). The lowest BCUT2D eigenvalue weighted by atomic mass is 9.84. The van der Waals surface area contributed by atoms with Crippen LogP contribution in [0.4, 0.5) is 5.82 Å². The summed E-state index contributed by atoms with van der Waals surface area (Å²) in [4.78, 5) is 79.1. The van der Waals surface area contributed by atoms with E-state index in [0.717, 1.165) is 45.1 Å². The lowest BCUT2D eigenvalue weighted by molar-refractivity contribution is -0.155. The van der Waals surface area contributed by atoms with E-state index < -0.39 is 59.1 Å². The summed E-state index contributed by atoms with van der Waals surface area (Å²) in [7, 11) is 3.17. The van der Waals surface area contributed by atoms with Crippen molar-refractivity contribution in [3.63, 3.8) is 0 Å². The fourth-order valence-corrected chi connectivity index (χ4v) is 9.35. The molecule has 1 fully saturated rings. The van der Waals surface area contributed by atoms with Gasteiger partial charge in [-0.1, -0.05) is 46.4 Å². The molecule has 1 saturated heterocycles. The van der Waals surface area contributed by atoms with Gasteiger partial charge in [-0.2, -0.15) is 0 Å². The van der Waals surface area contributed by atoms with Crippen LogP contribution in [0.15, 0.2) is 85.7 Å². The lowest BCUT2D eigenvalue weighted by Crippen LogP contribution is -2.62. The van der Waals surface area contributed by atoms with Crippen LogP contribution in [0.1, 0.15) is 87.7 Å². The van der Waals surface area contributed by atoms with Crippen molar-refractivity contribution in [1.29, 1.82) is 0 Å². The van der Waals surface area contributed by atoms with Crippen LogP contribution in [-0.4, -0.2) is 105 Å². The summed E-state index contributed by atoms with van der Waals surface area (Å²) in [6.45, 7) is 16.2. The van der Waals surface area contributed by atoms with Gasteiger partial charge in [0.05, 0.1) is 29.7 Å². The maximum Gasteiger partial charge on any atom is 0.324 e. The minimum atomic E-state index is -1.20. The Morgan fingerprint density at radius 1 is 1.07 bits per heavy atom. The number of pyridine rings is 2. The number of phenols is 1. The average Bonchev–Trinajstić information content (AvgIpc) is 3.63. The van der Waals surface area contributed by atoms with Crippen LogP contribution in [0, 0.1) is 11.3 Å². The number of amides is 4. The van der Waals surface area contributed by atoms with Gasteiger partial charge in [0.1, 0.15) is 29.7 Å². The second-order valence-electron chi connectivity index (χ2n) is 18.8. The summed E-state index contributed by atoms with van der Waals surface area (Å²) < 4.78 is 14.2. The predicted octanol–water partition coefficient (Wildman–Crippen LogP) is 6.77. The molecule has 5 heterocycles. The summed E-state index contributed by atoms with van der Waals surface area (Å²) in [5.41, 5.74) is 9.58. The van der Waals surface area contributed by atoms with Crippen molar-refractivity contribution < 1.29 is 38.6 Å². The molecule has 4 atom stereocenters. The van der Waals surface area contributed by atoms with Gasteiger partial charge in [-0.3, -0.25) is 34.0 Å². The first-order valence-corrected chi connectivity index (χ1v) is 23.1. The number of aromatic nitrogens is 3. The van der Waals surface area contributed by atoms with Gasteiger partial charge in [-0.25, -0.2) is 10.4 Å². The van der Waals surface area contributed by atoms with Gasteiger partial charge in [0.15, 0.2) is 0 Å². The molecule has 4 N–H and O–H groups in total. The van der Waals surface area contributed by atoms with Crippen LogP contribution in [0.5, 0.6) is 5.75 Å². The van der Waals surface area contributed by atoms with Crippen LogP contribution in [0.3, 0.4) is 0 Å². The number of methoxy groups -OCH3 is 1. The number of ether oxygens (including phenoxy) is 2. The van der Waals surface area contributed by atoms with E-state index in [4.69, 9.17) is 14.5 Å². The fourth-order valence-electron chi connectivity index (χ4n) is 9.35. The molecule has 0 spiro atoms. The van der Waals surface area contributed by atoms with Crippen LogP contribution >= 0.6 is 0 Å². The molecule has 16 nitrogen and oxygen atoms in total. The van der Waals surface area contributed by atoms with E-state index in [-0.39, 0.29) is 42.8 Å². The standard InChI is InChI=1S/C52H62N8O8/c1-10-44(62)56-43-19-17-34(28-54-43)49(64)58(8)46(30(3)4)48(63)55-41-24-32-22-35(25-36(61)23-32)33-16-18-42-38(26-33)39(47(59(42)11-2)37-14-12-20-53-45(37)31(5)67-9)27-52(6,7)29-68-51(66)40-15-13-21-60(57-40)50(41)65/h10,12,14,16-20,22-23,25-26,28,30-31,40-41,46,57,61H,1,11,13,15,21,24,27,29H2,2-9H3,(H,55,63)(H,54,56,62)/t31-,40-,41-,46?/m0/s1. The molecule has 3 aromatic heterocycles. The molecular weight excluding hydrogens is 865 g/mol. The number of hydrogen-bond acceptors (Lipinski definition) is 11. The number of fused-ring (bicyclic) bond motifs is 6. The molecule has 358 valence electrons. The molecule has 16 heteroatoms. The Labute approximate surface area is 397 Å². The molecule has 2 aromatic carbocycles. The highest BCUT2D eigenvalue weighted by Crippen LogP contribution is 2.42. The number of hydrogen-bond donors (Lipinski definition) is 4. The number of nitrogens with one attached hydrogen (secondary N) is 3. The van der Waals surface area contributed by atoms with Gasteiger partial charge >= 0.3 is 5.97 Å². The number of carbonyl (C=O) groups excluding carboxylic acids is 5. The van der Waals surface area contributed by atoms with Gasteiger partial charge < -0.3 is 34.7 Å². The summed E-state index contributed by atoms with van der Waals surface area (Å²) >= 11 is 0. The zero-order chi connectivity index (χ0) is 49.0. The van der Waals surface area contributed by atoms with E-state index in [1.165, 1.54) is 35.3 Å². The molecule has 6 bridgehead atoms. The molecule has 0 saturated carbocycles. The van der Waals surface area contributed by atoms with Gasteiger partial charge in [0.2, 0.25) is 11.8 Å². The summed E-state index contributed by atoms with van der Waals surface area (Å²) in [6, 6.07) is 15.3. The monoisotopic (exact) mass is 926 g/mol. The number of aromatic hydroxyl groups is 1. The third-order valence-corrected chi connectivity index (χ3v) is 12.8. The number of nitrogens with zero attached hydrogens (tertiary/aromatic N) is 5. The normalized spacial score (nSPS) is 18.3. The van der Waals surface area contributed by atoms with Gasteiger partial charge in [-0.05, 0) is 116 Å². The summed E-state index contributed by atoms with van der Waals surface area (Å²) in [5.74, 6) is -2.76. The second-order valence-corrected chi connectivity index (χ2v) is 18.8. The minimum absolute atomic E-state index is 0.0285. The number of benzene rings is 2. The Morgan fingerprint density at radius 2 is 1.85 bits per heavy atom. The molecule has 68 heavy (non-hydrogen) atoms. The van der Waals surface area contributed by atoms with E-state index >= 15 is 0 Å². The molecule has 1 unspecified atom stereocenters. The highest BCUT2D eigenvalue weighted by atomic mass is 16.5. The maximum absolute atomic E-state index is 14.7. The Bertz CT molecular complexity index is 2730. The van der Waals surface area contributed by atoms with E-state index in [2.05, 4.69) is 71.2 Å². The van der Waals surface area contributed by atoms with Gasteiger partial charge in [0.25, 0.3) is 11.8 Å². The van der Waals surface area contributed by atoms with Crippen molar-refractivity contribution >= 4 is 46.3 Å². The fraction of sp³-hybridized carbons (Fsp3) is 0.404. The Hall–Kier alpha value is -6.91. The number of anilines is 1. The maximum atomic E-state index is 14.7. The Kier molecular flexibility index (Phi) is 14.8. The van der Waals surface area contributed by atoms with Crippen molar-refractivity contribution in [2.24, 2.45) is 11.3 Å². The highest BCUT2D eigenvalue weighted by molar-refractivity contribution is 6.00. The van der Waals surface area contributed by atoms with E-state index in [1.807, 2.05) is 25.1 Å². The first-order chi connectivity index (χ1) is 32.4. The number of rotatable bonds is 11. The molecule has 5 aromatic rings. The van der Waals surface area contributed by atoms with Gasteiger partial charge in [-0.15, -0.1) is 0 Å². The Balaban J connectivity index is 1.30.